The van der Waals surface area contributed by atoms with Crippen LogP contribution in [0.4, 0.5) is 8.78 Å². The first-order chi connectivity index (χ1) is 7.20. The minimum Gasteiger partial charge on any atom is -0.299 e. The number of pyridine rings is 1. The maximum atomic E-state index is 12.7. The van der Waals surface area contributed by atoms with Gasteiger partial charge in [0.05, 0.1) is 0 Å². The van der Waals surface area contributed by atoms with E-state index >= 15 is 0 Å². The van der Waals surface area contributed by atoms with Crippen molar-refractivity contribution in [2.24, 2.45) is 0 Å². The first-order valence-corrected chi connectivity index (χ1v) is 5.13. The summed E-state index contributed by atoms with van der Waals surface area (Å²) >= 11 is 0. The quantitative estimate of drug-likeness (QED) is 0.749. The van der Waals surface area contributed by atoms with Crippen molar-refractivity contribution in [3.05, 3.63) is 29.6 Å². The molecule has 0 spiro atoms. The predicted molar refractivity (Wildman–Crippen MR) is 53.8 cm³/mol. The highest BCUT2D eigenvalue weighted by Gasteiger charge is 2.27. The molecule has 82 valence electrons. The van der Waals surface area contributed by atoms with Gasteiger partial charge in [-0.25, -0.2) is 8.78 Å². The summed E-state index contributed by atoms with van der Waals surface area (Å²) < 4.78 is 25.5. The summed E-state index contributed by atoms with van der Waals surface area (Å²) in [6.07, 6.45) is 0.968. The highest BCUT2D eigenvalue weighted by molar-refractivity contribution is 5.25. The molecule has 0 bridgehead atoms. The van der Waals surface area contributed by atoms with E-state index in [4.69, 9.17) is 0 Å². The highest BCUT2D eigenvalue weighted by Crippen LogP contribution is 2.34. The largest absolute Gasteiger partial charge is 0.299 e. The summed E-state index contributed by atoms with van der Waals surface area (Å²) in [7, 11) is 1.97. The molecule has 1 aromatic rings. The fourth-order valence-corrected chi connectivity index (χ4v) is 2.20. The van der Waals surface area contributed by atoms with E-state index in [0.29, 0.717) is 5.56 Å². The Kier molecular flexibility index (Phi) is 2.95. The van der Waals surface area contributed by atoms with Crippen LogP contribution in [0.3, 0.4) is 0 Å². The van der Waals surface area contributed by atoms with E-state index < -0.39 is 6.43 Å². The first kappa shape index (κ1) is 10.5. The van der Waals surface area contributed by atoms with Crippen LogP contribution >= 0.6 is 0 Å². The minimum atomic E-state index is -2.48. The Labute approximate surface area is 87.9 Å². The summed E-state index contributed by atoms with van der Waals surface area (Å²) in [5, 5.41) is 0. The van der Waals surface area contributed by atoms with Crippen molar-refractivity contribution in [1.29, 1.82) is 0 Å². The maximum Gasteiger partial charge on any atom is 0.280 e. The van der Waals surface area contributed by atoms with Gasteiger partial charge < -0.3 is 0 Å². The molecule has 2 rings (SSSR count). The van der Waals surface area contributed by atoms with Crippen molar-refractivity contribution in [3.63, 3.8) is 0 Å². The molecule has 0 aromatic carbocycles. The molecule has 1 aliphatic rings. The van der Waals surface area contributed by atoms with Gasteiger partial charge in [-0.2, -0.15) is 0 Å². The van der Waals surface area contributed by atoms with E-state index in [9.17, 15) is 8.78 Å². The van der Waals surface area contributed by atoms with Crippen molar-refractivity contribution in [3.8, 4) is 0 Å². The van der Waals surface area contributed by atoms with Gasteiger partial charge in [-0.15, -0.1) is 0 Å². The number of halogens is 2. The second kappa shape index (κ2) is 4.23. The molecule has 0 aliphatic carbocycles. The summed E-state index contributed by atoms with van der Waals surface area (Å²) in [5.41, 5.74) is 0.628. The number of hydrogen-bond acceptors (Lipinski definition) is 2. The van der Waals surface area contributed by atoms with Crippen LogP contribution < -0.4 is 0 Å². The molecule has 0 saturated carbocycles. The lowest BCUT2D eigenvalue weighted by Crippen LogP contribution is -2.19. The lowest BCUT2D eigenvalue weighted by Gasteiger charge is -2.21. The van der Waals surface area contributed by atoms with Gasteiger partial charge in [-0.05, 0) is 38.1 Å². The number of rotatable bonds is 2. The third-order valence-electron chi connectivity index (χ3n) is 2.96. The maximum absolute atomic E-state index is 12.7. The highest BCUT2D eigenvalue weighted by atomic mass is 19.3. The number of aromatic nitrogens is 1. The molecule has 1 saturated heterocycles. The first-order valence-electron chi connectivity index (χ1n) is 5.13. The Morgan fingerprint density at radius 3 is 2.93 bits per heavy atom. The second-order valence-electron chi connectivity index (χ2n) is 3.92. The summed E-state index contributed by atoms with van der Waals surface area (Å²) in [6, 6.07) is 3.61. The van der Waals surface area contributed by atoms with Crippen LogP contribution in [0.15, 0.2) is 18.3 Å². The van der Waals surface area contributed by atoms with Crippen LogP contribution in [-0.4, -0.2) is 23.5 Å². The molecule has 1 fully saturated rings. The van der Waals surface area contributed by atoms with Crippen LogP contribution in [0, 0.1) is 0 Å². The Balaban J connectivity index is 2.34. The van der Waals surface area contributed by atoms with E-state index in [1.54, 1.807) is 12.1 Å². The SMILES string of the molecule is CN1CCCC1c1cccnc1C(F)F. The number of hydrogen-bond donors (Lipinski definition) is 0. The molecule has 1 unspecified atom stereocenters. The Bertz CT molecular complexity index is 341. The molecule has 0 radical (unpaired) electrons. The second-order valence-corrected chi connectivity index (χ2v) is 3.92. The fraction of sp³-hybridized carbons (Fsp3) is 0.545. The van der Waals surface area contributed by atoms with Crippen LogP contribution in [0.1, 0.15) is 36.6 Å². The molecule has 2 nitrogen and oxygen atoms in total. The van der Waals surface area contributed by atoms with E-state index in [-0.39, 0.29) is 11.7 Å². The molecule has 0 amide bonds. The summed E-state index contributed by atoms with van der Waals surface area (Å²) in [6.45, 7) is 0.974. The molecule has 15 heavy (non-hydrogen) atoms. The molecule has 4 heteroatoms. The normalized spacial score (nSPS) is 22.5. The molecule has 1 atom stereocenters. The van der Waals surface area contributed by atoms with Gasteiger partial charge in [0.2, 0.25) is 0 Å². The Hall–Kier alpha value is -1.03. The molecule has 1 aromatic heterocycles. The Morgan fingerprint density at radius 2 is 2.33 bits per heavy atom. The number of alkyl halides is 2. The fourth-order valence-electron chi connectivity index (χ4n) is 2.20. The average molecular weight is 212 g/mol. The molecular weight excluding hydrogens is 198 g/mol. The molecular formula is C11H14F2N2. The lowest BCUT2D eigenvalue weighted by atomic mass is 10.0. The van der Waals surface area contributed by atoms with Gasteiger partial charge in [-0.3, -0.25) is 9.88 Å². The summed E-state index contributed by atoms with van der Waals surface area (Å²) in [5.74, 6) is 0. The van der Waals surface area contributed by atoms with Crippen LogP contribution in [0.2, 0.25) is 0 Å². The number of nitrogens with zero attached hydrogens (tertiary/aromatic N) is 2. The van der Waals surface area contributed by atoms with Gasteiger partial charge in [-0.1, -0.05) is 6.07 Å². The van der Waals surface area contributed by atoms with Crippen LogP contribution in [-0.2, 0) is 0 Å². The minimum absolute atomic E-state index is 0.0590. The van der Waals surface area contributed by atoms with Gasteiger partial charge >= 0.3 is 0 Å². The third kappa shape index (κ3) is 2.00. The van der Waals surface area contributed by atoms with Crippen molar-refractivity contribution in [1.82, 2.24) is 9.88 Å². The van der Waals surface area contributed by atoms with Crippen LogP contribution in [0.25, 0.3) is 0 Å². The van der Waals surface area contributed by atoms with Gasteiger partial charge in [0.15, 0.2) is 0 Å². The smallest absolute Gasteiger partial charge is 0.280 e. The van der Waals surface area contributed by atoms with Gasteiger partial charge in [0.25, 0.3) is 6.43 Å². The van der Waals surface area contributed by atoms with Crippen LogP contribution in [0.5, 0.6) is 0 Å². The van der Waals surface area contributed by atoms with E-state index in [1.165, 1.54) is 6.20 Å². The number of likely N-dealkylation sites (tertiary alicyclic amines) is 1. The van der Waals surface area contributed by atoms with E-state index in [2.05, 4.69) is 9.88 Å². The third-order valence-corrected chi connectivity index (χ3v) is 2.96. The molecule has 0 N–H and O–H groups in total. The zero-order valence-electron chi connectivity index (χ0n) is 8.66. The predicted octanol–water partition coefficient (Wildman–Crippen LogP) is 2.79. The van der Waals surface area contributed by atoms with Crippen molar-refractivity contribution >= 4 is 0 Å². The topological polar surface area (TPSA) is 16.1 Å². The lowest BCUT2D eigenvalue weighted by molar-refractivity contribution is 0.142. The average Bonchev–Trinajstić information content (AvgIpc) is 2.64. The van der Waals surface area contributed by atoms with E-state index in [1.807, 2.05) is 7.05 Å². The van der Waals surface area contributed by atoms with Crippen molar-refractivity contribution in [2.45, 2.75) is 25.3 Å². The standard InChI is InChI=1S/C11H14F2N2/c1-15-7-3-5-9(15)8-4-2-6-14-10(8)11(12)13/h2,4,6,9,11H,3,5,7H2,1H3. The van der Waals surface area contributed by atoms with Gasteiger partial charge in [0, 0.05) is 12.2 Å². The Morgan fingerprint density at radius 1 is 1.53 bits per heavy atom. The molecule has 2 heterocycles. The summed E-state index contributed by atoms with van der Waals surface area (Å²) in [4.78, 5) is 5.89. The van der Waals surface area contributed by atoms with Gasteiger partial charge in [0.1, 0.15) is 5.69 Å². The molecule has 1 aliphatic heterocycles. The van der Waals surface area contributed by atoms with Crippen molar-refractivity contribution < 1.29 is 8.78 Å². The van der Waals surface area contributed by atoms with E-state index in [0.717, 1.165) is 19.4 Å². The monoisotopic (exact) mass is 212 g/mol. The zero-order valence-corrected chi connectivity index (χ0v) is 8.66. The zero-order chi connectivity index (χ0) is 10.8. The van der Waals surface area contributed by atoms with Crippen molar-refractivity contribution in [2.75, 3.05) is 13.6 Å².